The van der Waals surface area contributed by atoms with Gasteiger partial charge in [0.1, 0.15) is 0 Å². The summed E-state index contributed by atoms with van der Waals surface area (Å²) in [4.78, 5) is 2.43. The van der Waals surface area contributed by atoms with Crippen LogP contribution >= 0.6 is 0 Å². The smallest absolute Gasteiger partial charge is 0.0269 e. The van der Waals surface area contributed by atoms with Gasteiger partial charge < -0.3 is 10.2 Å². The monoisotopic (exact) mass is 156 g/mol. The largest absolute Gasteiger partial charge is 0.390 e. The highest BCUT2D eigenvalue weighted by molar-refractivity contribution is 4.64. The van der Waals surface area contributed by atoms with Crippen LogP contribution in [-0.4, -0.2) is 31.1 Å². The standard InChI is InChI=1S/C9H20N2/c1-4-8-11(6-3)9-7-10-5-2/h5,10H,2,4,6-9H2,1,3H3. The van der Waals surface area contributed by atoms with Crippen molar-refractivity contribution in [3.63, 3.8) is 0 Å². The molecular formula is C9H20N2. The Morgan fingerprint density at radius 3 is 2.55 bits per heavy atom. The normalized spacial score (nSPS) is 10.1. The molecule has 0 spiro atoms. The van der Waals surface area contributed by atoms with Crippen molar-refractivity contribution in [1.82, 2.24) is 10.2 Å². The van der Waals surface area contributed by atoms with E-state index in [9.17, 15) is 0 Å². The highest BCUT2D eigenvalue weighted by Gasteiger charge is 1.97. The Morgan fingerprint density at radius 1 is 1.36 bits per heavy atom. The molecule has 0 aromatic heterocycles. The van der Waals surface area contributed by atoms with E-state index < -0.39 is 0 Å². The second-order valence-electron chi connectivity index (χ2n) is 2.59. The van der Waals surface area contributed by atoms with Crippen LogP contribution in [0.5, 0.6) is 0 Å². The summed E-state index contributed by atoms with van der Waals surface area (Å²) in [5, 5.41) is 3.09. The van der Waals surface area contributed by atoms with Crippen molar-refractivity contribution in [3.05, 3.63) is 12.8 Å². The lowest BCUT2D eigenvalue weighted by atomic mass is 10.4. The van der Waals surface area contributed by atoms with Gasteiger partial charge in [0, 0.05) is 13.1 Å². The van der Waals surface area contributed by atoms with E-state index in [-0.39, 0.29) is 0 Å². The number of hydrogen-bond acceptors (Lipinski definition) is 2. The van der Waals surface area contributed by atoms with Crippen molar-refractivity contribution in [2.24, 2.45) is 0 Å². The predicted octanol–water partition coefficient (Wildman–Crippen LogP) is 1.45. The molecule has 0 unspecified atom stereocenters. The van der Waals surface area contributed by atoms with Gasteiger partial charge >= 0.3 is 0 Å². The molecule has 0 aromatic rings. The molecule has 1 N–H and O–H groups in total. The van der Waals surface area contributed by atoms with Gasteiger partial charge in [-0.3, -0.25) is 0 Å². The summed E-state index contributed by atoms with van der Waals surface area (Å²) in [6.07, 6.45) is 2.99. The van der Waals surface area contributed by atoms with Crippen LogP contribution in [-0.2, 0) is 0 Å². The van der Waals surface area contributed by atoms with Gasteiger partial charge in [0.15, 0.2) is 0 Å². The zero-order valence-electron chi connectivity index (χ0n) is 7.77. The third kappa shape index (κ3) is 5.92. The second kappa shape index (κ2) is 7.61. The molecule has 0 aliphatic rings. The van der Waals surface area contributed by atoms with Crippen LogP contribution in [0.2, 0.25) is 0 Å². The minimum absolute atomic E-state index is 1.01. The maximum absolute atomic E-state index is 3.60. The highest BCUT2D eigenvalue weighted by Crippen LogP contribution is 1.88. The summed E-state index contributed by atoms with van der Waals surface area (Å²) in [5.41, 5.74) is 0. The van der Waals surface area contributed by atoms with Gasteiger partial charge in [0.05, 0.1) is 0 Å². The molecule has 0 atom stereocenters. The third-order valence-corrected chi connectivity index (χ3v) is 1.70. The SMILES string of the molecule is C=CNCCN(CC)CCC. The van der Waals surface area contributed by atoms with Crippen molar-refractivity contribution < 1.29 is 0 Å². The van der Waals surface area contributed by atoms with E-state index in [4.69, 9.17) is 0 Å². The summed E-state index contributed by atoms with van der Waals surface area (Å²) in [7, 11) is 0. The van der Waals surface area contributed by atoms with E-state index in [1.807, 2.05) is 0 Å². The molecule has 2 heteroatoms. The molecule has 0 bridgehead atoms. The van der Waals surface area contributed by atoms with Crippen LogP contribution in [0, 0.1) is 0 Å². The molecule has 11 heavy (non-hydrogen) atoms. The van der Waals surface area contributed by atoms with Crippen molar-refractivity contribution in [2.45, 2.75) is 20.3 Å². The van der Waals surface area contributed by atoms with E-state index in [0.29, 0.717) is 0 Å². The molecule has 0 fully saturated rings. The van der Waals surface area contributed by atoms with Gasteiger partial charge in [-0.25, -0.2) is 0 Å². The van der Waals surface area contributed by atoms with Gasteiger partial charge in [-0.15, -0.1) is 0 Å². The average molecular weight is 156 g/mol. The molecule has 66 valence electrons. The molecular weight excluding hydrogens is 136 g/mol. The number of nitrogens with zero attached hydrogens (tertiary/aromatic N) is 1. The molecule has 0 aliphatic heterocycles. The van der Waals surface area contributed by atoms with Gasteiger partial charge in [0.25, 0.3) is 0 Å². The fourth-order valence-electron chi connectivity index (χ4n) is 1.07. The predicted molar refractivity (Wildman–Crippen MR) is 50.6 cm³/mol. The minimum atomic E-state index is 1.01. The first-order chi connectivity index (χ1) is 5.35. The molecule has 0 heterocycles. The van der Waals surface area contributed by atoms with Gasteiger partial charge in [-0.1, -0.05) is 20.4 Å². The first-order valence-electron chi connectivity index (χ1n) is 4.41. The number of rotatable bonds is 7. The van der Waals surface area contributed by atoms with Gasteiger partial charge in [-0.05, 0) is 25.7 Å². The summed E-state index contributed by atoms with van der Waals surface area (Å²) in [6, 6.07) is 0. The average Bonchev–Trinajstić information content (AvgIpc) is 2.03. The molecule has 0 aromatic carbocycles. The first-order valence-corrected chi connectivity index (χ1v) is 4.41. The molecule has 0 saturated carbocycles. The van der Waals surface area contributed by atoms with Crippen molar-refractivity contribution in [1.29, 1.82) is 0 Å². The minimum Gasteiger partial charge on any atom is -0.390 e. The van der Waals surface area contributed by atoms with Crippen LogP contribution in [0.25, 0.3) is 0 Å². The molecule has 0 amide bonds. The van der Waals surface area contributed by atoms with E-state index in [2.05, 4.69) is 30.6 Å². The lowest BCUT2D eigenvalue weighted by molar-refractivity contribution is 0.292. The van der Waals surface area contributed by atoms with E-state index in [1.54, 1.807) is 6.20 Å². The maximum Gasteiger partial charge on any atom is 0.0269 e. The Labute approximate surface area is 70.3 Å². The molecule has 0 aliphatic carbocycles. The zero-order chi connectivity index (χ0) is 8.53. The molecule has 0 saturated heterocycles. The van der Waals surface area contributed by atoms with E-state index in [0.717, 1.165) is 19.6 Å². The summed E-state index contributed by atoms with van der Waals surface area (Å²) in [5.74, 6) is 0. The molecule has 0 rings (SSSR count). The van der Waals surface area contributed by atoms with E-state index in [1.165, 1.54) is 13.0 Å². The second-order valence-corrected chi connectivity index (χ2v) is 2.59. The maximum atomic E-state index is 3.60. The highest BCUT2D eigenvalue weighted by atomic mass is 15.1. The summed E-state index contributed by atoms with van der Waals surface area (Å²) in [6.45, 7) is 12.5. The fraction of sp³-hybridized carbons (Fsp3) is 0.778. The van der Waals surface area contributed by atoms with Crippen LogP contribution in [0.4, 0.5) is 0 Å². The van der Waals surface area contributed by atoms with Gasteiger partial charge in [0.2, 0.25) is 0 Å². The summed E-state index contributed by atoms with van der Waals surface area (Å²) >= 11 is 0. The number of hydrogen-bond donors (Lipinski definition) is 1. The molecule has 0 radical (unpaired) electrons. The van der Waals surface area contributed by atoms with Crippen LogP contribution in [0.15, 0.2) is 12.8 Å². The van der Waals surface area contributed by atoms with Crippen molar-refractivity contribution in [2.75, 3.05) is 26.2 Å². The fourth-order valence-corrected chi connectivity index (χ4v) is 1.07. The quantitative estimate of drug-likeness (QED) is 0.561. The number of likely N-dealkylation sites (N-methyl/N-ethyl adjacent to an activating group) is 1. The Morgan fingerprint density at radius 2 is 2.09 bits per heavy atom. The van der Waals surface area contributed by atoms with Crippen molar-refractivity contribution in [3.8, 4) is 0 Å². The topological polar surface area (TPSA) is 15.3 Å². The van der Waals surface area contributed by atoms with E-state index >= 15 is 0 Å². The van der Waals surface area contributed by atoms with Crippen LogP contribution in [0.1, 0.15) is 20.3 Å². The lowest BCUT2D eigenvalue weighted by Crippen LogP contribution is -2.30. The first kappa shape index (κ1) is 10.5. The lowest BCUT2D eigenvalue weighted by Gasteiger charge is -2.18. The Hall–Kier alpha value is -0.500. The van der Waals surface area contributed by atoms with Crippen molar-refractivity contribution >= 4 is 0 Å². The van der Waals surface area contributed by atoms with Crippen LogP contribution in [0.3, 0.4) is 0 Å². The Bertz CT molecular complexity index is 91.6. The third-order valence-electron chi connectivity index (χ3n) is 1.70. The summed E-state index contributed by atoms with van der Waals surface area (Å²) < 4.78 is 0. The van der Waals surface area contributed by atoms with Crippen LogP contribution < -0.4 is 5.32 Å². The van der Waals surface area contributed by atoms with Gasteiger partial charge in [-0.2, -0.15) is 0 Å². The Kier molecular flexibility index (Phi) is 7.26. The Balaban J connectivity index is 3.27. The zero-order valence-corrected chi connectivity index (χ0v) is 7.77. The number of nitrogens with one attached hydrogen (secondary N) is 1. The molecule has 2 nitrogen and oxygen atoms in total.